The largest absolute Gasteiger partial charge is 0.310 e. The van der Waals surface area contributed by atoms with Crippen molar-refractivity contribution in [2.24, 2.45) is 0 Å². The Balaban J connectivity index is 2.93. The van der Waals surface area contributed by atoms with Crippen LogP contribution in [0.15, 0.2) is 18.2 Å². The zero-order valence-corrected chi connectivity index (χ0v) is 9.19. The van der Waals surface area contributed by atoms with Gasteiger partial charge in [-0.25, -0.2) is 8.78 Å². The lowest BCUT2D eigenvalue weighted by Crippen LogP contribution is -2.21. The molecule has 1 N–H and O–H groups in total. The molecule has 1 unspecified atom stereocenters. The molecule has 84 valence electrons. The summed E-state index contributed by atoms with van der Waals surface area (Å²) in [5.41, 5.74) is 0.429. The van der Waals surface area contributed by atoms with E-state index in [0.29, 0.717) is 5.56 Å². The van der Waals surface area contributed by atoms with Crippen molar-refractivity contribution in [1.82, 2.24) is 5.32 Å². The number of nitrogens with one attached hydrogen (secondary N) is 1. The van der Waals surface area contributed by atoms with E-state index in [2.05, 4.69) is 5.32 Å². The Kier molecular flexibility index (Phi) is 4.69. The quantitative estimate of drug-likeness (QED) is 0.790. The predicted octanol–water partition coefficient (Wildman–Crippen LogP) is 3.42. The minimum absolute atomic E-state index is 0.0873. The smallest absolute Gasteiger partial charge is 0.128 e. The summed E-state index contributed by atoms with van der Waals surface area (Å²) in [5, 5.41) is 3.16. The molecule has 15 heavy (non-hydrogen) atoms. The molecule has 0 saturated heterocycles. The van der Waals surface area contributed by atoms with Crippen LogP contribution >= 0.6 is 0 Å². The molecule has 1 aromatic rings. The molecular weight excluding hydrogens is 196 g/mol. The lowest BCUT2D eigenvalue weighted by atomic mass is 10.0. The van der Waals surface area contributed by atoms with E-state index in [1.54, 1.807) is 0 Å². The monoisotopic (exact) mass is 213 g/mol. The van der Waals surface area contributed by atoms with E-state index in [-0.39, 0.29) is 17.7 Å². The molecule has 0 saturated carbocycles. The van der Waals surface area contributed by atoms with Crippen LogP contribution in [0.3, 0.4) is 0 Å². The fraction of sp³-hybridized carbons (Fsp3) is 0.500. The highest BCUT2D eigenvalue weighted by atomic mass is 19.1. The number of hydrogen-bond donors (Lipinski definition) is 1. The maximum Gasteiger partial charge on any atom is 0.128 e. The molecule has 3 heteroatoms. The van der Waals surface area contributed by atoms with E-state index in [9.17, 15) is 8.78 Å². The van der Waals surface area contributed by atoms with Crippen molar-refractivity contribution in [1.29, 1.82) is 0 Å². The van der Waals surface area contributed by atoms with Gasteiger partial charge in [0.2, 0.25) is 0 Å². The van der Waals surface area contributed by atoms with Crippen LogP contribution in [0.25, 0.3) is 0 Å². The molecule has 1 atom stereocenters. The molecular formula is C12H17F2N. The van der Waals surface area contributed by atoms with Crippen LogP contribution in [-0.4, -0.2) is 6.54 Å². The minimum atomic E-state index is -0.384. The van der Waals surface area contributed by atoms with Crippen molar-refractivity contribution in [2.75, 3.05) is 6.54 Å². The summed E-state index contributed by atoms with van der Waals surface area (Å²) >= 11 is 0. The summed E-state index contributed by atoms with van der Waals surface area (Å²) in [5.74, 6) is -0.721. The van der Waals surface area contributed by atoms with Gasteiger partial charge in [0.1, 0.15) is 11.6 Å². The maximum absolute atomic E-state index is 13.5. The van der Waals surface area contributed by atoms with Gasteiger partial charge in [0, 0.05) is 11.6 Å². The molecule has 0 fully saturated rings. The highest BCUT2D eigenvalue weighted by molar-refractivity contribution is 5.22. The Morgan fingerprint density at radius 2 is 2.00 bits per heavy atom. The van der Waals surface area contributed by atoms with E-state index >= 15 is 0 Å². The van der Waals surface area contributed by atoms with Gasteiger partial charge in [0.15, 0.2) is 0 Å². The number of benzene rings is 1. The highest BCUT2D eigenvalue weighted by Gasteiger charge is 2.14. The Morgan fingerprint density at radius 1 is 1.27 bits per heavy atom. The van der Waals surface area contributed by atoms with Gasteiger partial charge in [0.25, 0.3) is 0 Å². The molecule has 0 spiro atoms. The lowest BCUT2D eigenvalue weighted by Gasteiger charge is -2.18. The van der Waals surface area contributed by atoms with Gasteiger partial charge in [-0.2, -0.15) is 0 Å². The SMILES string of the molecule is CCCC(NCC)c1cc(F)ccc1F. The molecule has 1 nitrogen and oxygen atoms in total. The second-order valence-corrected chi connectivity index (χ2v) is 3.56. The number of hydrogen-bond acceptors (Lipinski definition) is 1. The topological polar surface area (TPSA) is 12.0 Å². The predicted molar refractivity (Wildman–Crippen MR) is 57.7 cm³/mol. The van der Waals surface area contributed by atoms with Gasteiger partial charge in [-0.05, 0) is 31.2 Å². The molecule has 1 aromatic carbocycles. The van der Waals surface area contributed by atoms with Crippen LogP contribution in [0.1, 0.15) is 38.3 Å². The molecule has 0 aliphatic rings. The van der Waals surface area contributed by atoms with Crippen molar-refractivity contribution in [3.8, 4) is 0 Å². The van der Waals surface area contributed by atoms with Crippen molar-refractivity contribution in [2.45, 2.75) is 32.7 Å². The van der Waals surface area contributed by atoms with Crippen LogP contribution < -0.4 is 5.32 Å². The average molecular weight is 213 g/mol. The third-order valence-corrected chi connectivity index (χ3v) is 2.36. The van der Waals surface area contributed by atoms with E-state index in [1.807, 2.05) is 13.8 Å². The molecule has 0 aromatic heterocycles. The molecule has 0 aliphatic heterocycles. The third kappa shape index (κ3) is 3.27. The number of halogens is 2. The first-order valence-electron chi connectivity index (χ1n) is 5.37. The summed E-state index contributed by atoms with van der Waals surface area (Å²) in [7, 11) is 0. The molecule has 0 amide bonds. The normalized spacial score (nSPS) is 12.8. The van der Waals surface area contributed by atoms with Gasteiger partial charge in [-0.15, -0.1) is 0 Å². The maximum atomic E-state index is 13.5. The molecule has 0 heterocycles. The van der Waals surface area contributed by atoms with Gasteiger partial charge in [0.05, 0.1) is 0 Å². The molecule has 0 radical (unpaired) electrons. The van der Waals surface area contributed by atoms with Gasteiger partial charge < -0.3 is 5.32 Å². The Labute approximate surface area is 89.5 Å². The van der Waals surface area contributed by atoms with Crippen LogP contribution in [0.2, 0.25) is 0 Å². The summed E-state index contributed by atoms with van der Waals surface area (Å²) in [6.45, 7) is 4.74. The first kappa shape index (κ1) is 12.1. The van der Waals surface area contributed by atoms with Crippen molar-refractivity contribution < 1.29 is 8.78 Å². The minimum Gasteiger partial charge on any atom is -0.310 e. The van der Waals surface area contributed by atoms with E-state index in [0.717, 1.165) is 25.5 Å². The Bertz CT molecular complexity index is 306. The van der Waals surface area contributed by atoms with Gasteiger partial charge >= 0.3 is 0 Å². The third-order valence-electron chi connectivity index (χ3n) is 2.36. The van der Waals surface area contributed by atoms with E-state index in [1.165, 1.54) is 12.1 Å². The first-order valence-corrected chi connectivity index (χ1v) is 5.37. The summed E-state index contributed by atoms with van der Waals surface area (Å²) < 4.78 is 26.5. The van der Waals surface area contributed by atoms with Crippen LogP contribution in [0.4, 0.5) is 8.78 Å². The second kappa shape index (κ2) is 5.81. The van der Waals surface area contributed by atoms with Crippen molar-refractivity contribution in [3.63, 3.8) is 0 Å². The fourth-order valence-corrected chi connectivity index (χ4v) is 1.68. The van der Waals surface area contributed by atoms with Crippen LogP contribution in [0.5, 0.6) is 0 Å². The fourth-order valence-electron chi connectivity index (χ4n) is 1.68. The van der Waals surface area contributed by atoms with E-state index in [4.69, 9.17) is 0 Å². The van der Waals surface area contributed by atoms with Crippen molar-refractivity contribution >= 4 is 0 Å². The van der Waals surface area contributed by atoms with Crippen LogP contribution in [-0.2, 0) is 0 Å². The summed E-state index contributed by atoms with van der Waals surface area (Å²) in [4.78, 5) is 0. The molecule has 0 aliphatic carbocycles. The van der Waals surface area contributed by atoms with E-state index < -0.39 is 0 Å². The van der Waals surface area contributed by atoms with Gasteiger partial charge in [-0.1, -0.05) is 20.3 Å². The molecule has 0 bridgehead atoms. The Morgan fingerprint density at radius 3 is 2.60 bits per heavy atom. The highest BCUT2D eigenvalue weighted by Crippen LogP contribution is 2.22. The zero-order valence-electron chi connectivity index (χ0n) is 9.19. The zero-order chi connectivity index (χ0) is 11.3. The number of rotatable bonds is 5. The Hall–Kier alpha value is -0.960. The second-order valence-electron chi connectivity index (χ2n) is 3.56. The summed E-state index contributed by atoms with van der Waals surface area (Å²) in [6.07, 6.45) is 1.75. The van der Waals surface area contributed by atoms with Gasteiger partial charge in [-0.3, -0.25) is 0 Å². The van der Waals surface area contributed by atoms with Crippen molar-refractivity contribution in [3.05, 3.63) is 35.4 Å². The standard InChI is InChI=1S/C12H17F2N/c1-3-5-12(15-4-2)10-8-9(13)6-7-11(10)14/h6-8,12,15H,3-5H2,1-2H3. The average Bonchev–Trinajstić information content (AvgIpc) is 2.21. The first-order chi connectivity index (χ1) is 7.19. The lowest BCUT2D eigenvalue weighted by molar-refractivity contribution is 0.475. The molecule has 1 rings (SSSR count). The summed E-state index contributed by atoms with van der Waals surface area (Å²) in [6, 6.07) is 3.52. The van der Waals surface area contributed by atoms with Crippen LogP contribution in [0, 0.1) is 11.6 Å².